The van der Waals surface area contributed by atoms with E-state index in [1.165, 1.54) is 4.90 Å². The average Bonchev–Trinajstić information content (AvgIpc) is 3.01. The fourth-order valence-corrected chi connectivity index (χ4v) is 3.27. The van der Waals surface area contributed by atoms with Crippen LogP contribution in [0.3, 0.4) is 0 Å². The smallest absolute Gasteiger partial charge is 0.240 e. The number of rotatable bonds is 4. The van der Waals surface area contributed by atoms with Gasteiger partial charge in [0.05, 0.1) is 12.0 Å². The molecular weight excluding hydrogens is 304 g/mol. The van der Waals surface area contributed by atoms with Gasteiger partial charge >= 0.3 is 0 Å². The predicted octanol–water partition coefficient (Wildman–Crippen LogP) is 2.04. The van der Waals surface area contributed by atoms with Crippen molar-refractivity contribution in [3.05, 3.63) is 47.0 Å². The third kappa shape index (κ3) is 2.42. The Kier molecular flexibility index (Phi) is 3.99. The maximum Gasteiger partial charge on any atom is 0.240 e. The van der Waals surface area contributed by atoms with Crippen LogP contribution in [-0.2, 0) is 28.6 Å². The number of aromatic nitrogens is 3. The summed E-state index contributed by atoms with van der Waals surface area (Å²) in [5.74, 6) is 1.08. The van der Waals surface area contributed by atoms with E-state index < -0.39 is 5.41 Å². The zero-order valence-corrected chi connectivity index (χ0v) is 14.5. The number of carbonyl (C=O) groups excluding carboxylic acids is 2. The van der Waals surface area contributed by atoms with E-state index in [-0.39, 0.29) is 24.8 Å². The van der Waals surface area contributed by atoms with Crippen molar-refractivity contribution < 1.29 is 9.59 Å². The lowest BCUT2D eigenvalue weighted by atomic mass is 9.76. The van der Waals surface area contributed by atoms with Crippen LogP contribution in [0, 0.1) is 13.8 Å². The highest BCUT2D eigenvalue weighted by molar-refractivity contribution is 6.08. The minimum Gasteiger partial charge on any atom is -0.317 e. The molecule has 1 unspecified atom stereocenters. The highest BCUT2D eigenvalue weighted by Gasteiger charge is 2.51. The average molecular weight is 326 g/mol. The fourth-order valence-electron chi connectivity index (χ4n) is 3.27. The van der Waals surface area contributed by atoms with Gasteiger partial charge in [-0.05, 0) is 25.8 Å². The summed E-state index contributed by atoms with van der Waals surface area (Å²) >= 11 is 0. The Morgan fingerprint density at radius 2 is 1.79 bits per heavy atom. The van der Waals surface area contributed by atoms with Crippen LogP contribution in [0.15, 0.2) is 24.3 Å². The second kappa shape index (κ2) is 5.85. The van der Waals surface area contributed by atoms with Gasteiger partial charge in [0.2, 0.25) is 11.8 Å². The third-order valence-electron chi connectivity index (χ3n) is 5.10. The summed E-state index contributed by atoms with van der Waals surface area (Å²) in [7, 11) is 1.84. The Labute approximate surface area is 141 Å². The van der Waals surface area contributed by atoms with E-state index >= 15 is 0 Å². The minimum absolute atomic E-state index is 0.139. The molecule has 0 spiro atoms. The van der Waals surface area contributed by atoms with Crippen molar-refractivity contribution >= 4 is 11.8 Å². The van der Waals surface area contributed by atoms with E-state index in [0.717, 1.165) is 17.0 Å². The van der Waals surface area contributed by atoms with Crippen LogP contribution in [0.2, 0.25) is 0 Å². The molecule has 6 nitrogen and oxygen atoms in total. The zero-order valence-electron chi connectivity index (χ0n) is 14.5. The molecule has 1 aliphatic rings. The van der Waals surface area contributed by atoms with Crippen molar-refractivity contribution in [3.63, 3.8) is 0 Å². The molecule has 2 heterocycles. The fraction of sp³-hybridized carbons (Fsp3) is 0.444. The Balaban J connectivity index is 1.94. The van der Waals surface area contributed by atoms with Crippen LogP contribution in [0.25, 0.3) is 0 Å². The number of carbonyl (C=O) groups is 2. The van der Waals surface area contributed by atoms with Gasteiger partial charge in [0.25, 0.3) is 0 Å². The molecule has 1 aromatic carbocycles. The first-order valence-electron chi connectivity index (χ1n) is 8.16. The number of amides is 2. The summed E-state index contributed by atoms with van der Waals surface area (Å²) in [5.41, 5.74) is 1.28. The van der Waals surface area contributed by atoms with E-state index in [2.05, 4.69) is 10.2 Å². The van der Waals surface area contributed by atoms with Crippen LogP contribution in [0.4, 0.5) is 0 Å². The number of benzene rings is 1. The molecule has 24 heavy (non-hydrogen) atoms. The molecule has 1 atom stereocenters. The number of nitrogens with zero attached hydrogens (tertiary/aromatic N) is 4. The van der Waals surface area contributed by atoms with Crippen LogP contribution in [0.1, 0.15) is 42.5 Å². The lowest BCUT2D eigenvalue weighted by Gasteiger charge is -2.26. The first kappa shape index (κ1) is 16.4. The Bertz CT molecular complexity index is 794. The summed E-state index contributed by atoms with van der Waals surface area (Å²) < 4.78 is 1.80. The largest absolute Gasteiger partial charge is 0.317 e. The van der Waals surface area contributed by atoms with Gasteiger partial charge in [0.15, 0.2) is 5.82 Å². The molecular formula is C18H22N4O2. The Hall–Kier alpha value is -2.50. The van der Waals surface area contributed by atoms with Gasteiger partial charge in [0, 0.05) is 13.5 Å². The molecule has 0 radical (unpaired) electrons. The molecule has 6 heteroatoms. The van der Waals surface area contributed by atoms with Crippen molar-refractivity contribution in [3.8, 4) is 0 Å². The van der Waals surface area contributed by atoms with Gasteiger partial charge < -0.3 is 4.57 Å². The van der Waals surface area contributed by atoms with E-state index in [4.69, 9.17) is 0 Å². The van der Waals surface area contributed by atoms with Crippen molar-refractivity contribution in [2.45, 2.75) is 45.6 Å². The van der Waals surface area contributed by atoms with E-state index in [9.17, 15) is 9.59 Å². The van der Waals surface area contributed by atoms with Gasteiger partial charge in [0.1, 0.15) is 5.82 Å². The Morgan fingerprint density at radius 3 is 2.33 bits per heavy atom. The molecule has 0 N–H and O–H groups in total. The molecule has 0 saturated carbocycles. The summed E-state index contributed by atoms with van der Waals surface area (Å²) in [4.78, 5) is 27.0. The van der Waals surface area contributed by atoms with E-state index in [1.807, 2.05) is 52.1 Å². The third-order valence-corrected chi connectivity index (χ3v) is 5.10. The molecule has 2 amide bonds. The van der Waals surface area contributed by atoms with Gasteiger partial charge in [-0.1, -0.05) is 36.8 Å². The standard InChI is InChI=1S/C18H22N4O2/c1-5-18(14-8-6-12(2)7-9-14)10-16(23)22(17(18)24)11-15-20-19-13(3)21(15)4/h6-9H,5,10-11H2,1-4H3. The Morgan fingerprint density at radius 1 is 1.12 bits per heavy atom. The first-order valence-corrected chi connectivity index (χ1v) is 8.16. The minimum atomic E-state index is -0.765. The van der Waals surface area contributed by atoms with Gasteiger partial charge in [-0.3, -0.25) is 14.5 Å². The molecule has 3 rings (SSSR count). The second-order valence-electron chi connectivity index (χ2n) is 6.49. The first-order chi connectivity index (χ1) is 11.4. The van der Waals surface area contributed by atoms with Crippen molar-refractivity contribution in [1.82, 2.24) is 19.7 Å². The highest BCUT2D eigenvalue weighted by Crippen LogP contribution is 2.40. The number of imide groups is 1. The normalized spacial score (nSPS) is 20.9. The summed E-state index contributed by atoms with van der Waals surface area (Å²) in [5, 5.41) is 8.07. The van der Waals surface area contributed by atoms with Crippen LogP contribution in [0.5, 0.6) is 0 Å². The molecule has 2 aromatic rings. The lowest BCUT2D eigenvalue weighted by Crippen LogP contribution is -2.38. The van der Waals surface area contributed by atoms with Gasteiger partial charge in [-0.25, -0.2) is 0 Å². The van der Waals surface area contributed by atoms with Crippen molar-refractivity contribution in [2.75, 3.05) is 0 Å². The van der Waals surface area contributed by atoms with E-state index in [1.54, 1.807) is 4.57 Å². The highest BCUT2D eigenvalue weighted by atomic mass is 16.2. The summed E-state index contributed by atoms with van der Waals surface area (Å²) in [6, 6.07) is 7.89. The molecule has 1 fully saturated rings. The topological polar surface area (TPSA) is 68.1 Å². The van der Waals surface area contributed by atoms with Gasteiger partial charge in [-0.15, -0.1) is 10.2 Å². The van der Waals surface area contributed by atoms with Crippen LogP contribution in [-0.4, -0.2) is 31.5 Å². The number of likely N-dealkylation sites (tertiary alicyclic amines) is 1. The molecule has 126 valence electrons. The quantitative estimate of drug-likeness (QED) is 0.806. The molecule has 1 aliphatic heterocycles. The number of aryl methyl sites for hydroxylation is 2. The number of hydrogen-bond acceptors (Lipinski definition) is 4. The lowest BCUT2D eigenvalue weighted by molar-refractivity contribution is -0.140. The predicted molar refractivity (Wildman–Crippen MR) is 89.1 cm³/mol. The van der Waals surface area contributed by atoms with Crippen molar-refractivity contribution in [1.29, 1.82) is 0 Å². The van der Waals surface area contributed by atoms with Crippen molar-refractivity contribution in [2.24, 2.45) is 7.05 Å². The maximum absolute atomic E-state index is 13.1. The molecule has 1 aromatic heterocycles. The molecule has 0 bridgehead atoms. The summed E-state index contributed by atoms with van der Waals surface area (Å²) in [6.45, 7) is 5.98. The SMILES string of the molecule is CCC1(c2ccc(C)cc2)CC(=O)N(Cc2nnc(C)n2C)C1=O. The second-order valence-corrected chi connectivity index (χ2v) is 6.49. The zero-order chi connectivity index (χ0) is 17.5. The van der Waals surface area contributed by atoms with Gasteiger partial charge in [-0.2, -0.15) is 0 Å². The van der Waals surface area contributed by atoms with E-state index in [0.29, 0.717) is 12.2 Å². The number of hydrogen-bond donors (Lipinski definition) is 0. The monoisotopic (exact) mass is 326 g/mol. The molecule has 1 saturated heterocycles. The molecule has 0 aliphatic carbocycles. The van der Waals surface area contributed by atoms with Crippen LogP contribution >= 0.6 is 0 Å². The maximum atomic E-state index is 13.1. The summed E-state index contributed by atoms with van der Waals surface area (Å²) in [6.07, 6.45) is 0.803. The van der Waals surface area contributed by atoms with Crippen LogP contribution < -0.4 is 0 Å².